The van der Waals surface area contributed by atoms with Gasteiger partial charge in [0.05, 0.1) is 21.4 Å². The smallest absolute Gasteiger partial charge is 0.337 e. The maximum Gasteiger partial charge on any atom is 0.337 e. The fourth-order valence-corrected chi connectivity index (χ4v) is 2.66. The minimum absolute atomic E-state index is 0.00372. The molecule has 16 heavy (non-hydrogen) atoms. The van der Waals surface area contributed by atoms with Gasteiger partial charge in [0.2, 0.25) is 0 Å². The first-order valence-corrected chi connectivity index (χ1v) is 6.67. The van der Waals surface area contributed by atoms with E-state index in [1.165, 1.54) is 12.1 Å². The highest BCUT2D eigenvalue weighted by atomic mass is 35.5. The molecule has 3 nitrogen and oxygen atoms in total. The van der Waals surface area contributed by atoms with Crippen LogP contribution in [-0.4, -0.2) is 21.0 Å². The molecule has 1 rings (SSSR count). The Hall–Kier alpha value is -0.870. The van der Waals surface area contributed by atoms with Crippen LogP contribution in [-0.2, 0) is 10.8 Å². The van der Waals surface area contributed by atoms with Gasteiger partial charge < -0.3 is 5.11 Å². The summed E-state index contributed by atoms with van der Waals surface area (Å²) in [6.45, 7) is 2.02. The highest BCUT2D eigenvalue weighted by Crippen LogP contribution is 2.20. The molecular formula is C11H13ClO3S. The molecule has 1 N–H and O–H groups in total. The van der Waals surface area contributed by atoms with Gasteiger partial charge in [0, 0.05) is 10.6 Å². The van der Waals surface area contributed by atoms with Gasteiger partial charge in [-0.05, 0) is 24.6 Å². The Morgan fingerprint density at radius 3 is 2.75 bits per heavy atom. The van der Waals surface area contributed by atoms with Crippen LogP contribution in [0.15, 0.2) is 23.1 Å². The standard InChI is InChI=1S/C11H13ClO3S/c1-2-3-6-16(15)8-4-5-10(12)9(7-8)11(13)14/h4-5,7H,2-3,6H2,1H3,(H,13,14). The third-order valence-electron chi connectivity index (χ3n) is 2.11. The summed E-state index contributed by atoms with van der Waals surface area (Å²) in [7, 11) is -1.14. The van der Waals surface area contributed by atoms with Crippen molar-refractivity contribution < 1.29 is 14.1 Å². The number of unbranched alkanes of at least 4 members (excludes halogenated alkanes) is 1. The van der Waals surface area contributed by atoms with E-state index in [1.54, 1.807) is 6.07 Å². The predicted molar refractivity (Wildman–Crippen MR) is 64.6 cm³/mol. The average molecular weight is 261 g/mol. The normalized spacial score (nSPS) is 12.4. The summed E-state index contributed by atoms with van der Waals surface area (Å²) < 4.78 is 11.8. The second kappa shape index (κ2) is 6.01. The summed E-state index contributed by atoms with van der Waals surface area (Å²) in [4.78, 5) is 11.4. The molecular weight excluding hydrogens is 248 g/mol. The van der Waals surface area contributed by atoms with Gasteiger partial charge in [-0.1, -0.05) is 24.9 Å². The average Bonchev–Trinajstić information content (AvgIpc) is 2.26. The first-order valence-electron chi connectivity index (χ1n) is 4.97. The Morgan fingerprint density at radius 2 is 2.19 bits per heavy atom. The summed E-state index contributed by atoms with van der Waals surface area (Å²) >= 11 is 5.72. The SMILES string of the molecule is CCCCS(=O)c1ccc(Cl)c(C(=O)O)c1. The molecule has 1 aromatic rings. The van der Waals surface area contributed by atoms with Crippen molar-refractivity contribution in [2.45, 2.75) is 24.7 Å². The molecule has 0 saturated heterocycles. The lowest BCUT2D eigenvalue weighted by atomic mass is 10.2. The van der Waals surface area contributed by atoms with Crippen LogP contribution in [0.4, 0.5) is 0 Å². The van der Waals surface area contributed by atoms with Crippen molar-refractivity contribution in [2.24, 2.45) is 0 Å². The van der Waals surface area contributed by atoms with Gasteiger partial charge in [0.1, 0.15) is 0 Å². The Kier molecular flexibility index (Phi) is 4.96. The van der Waals surface area contributed by atoms with Crippen LogP contribution in [0, 0.1) is 0 Å². The molecule has 88 valence electrons. The van der Waals surface area contributed by atoms with Crippen molar-refractivity contribution in [1.82, 2.24) is 0 Å². The number of hydrogen-bond acceptors (Lipinski definition) is 2. The summed E-state index contributed by atoms with van der Waals surface area (Å²) in [5.41, 5.74) is 0.00372. The van der Waals surface area contributed by atoms with E-state index < -0.39 is 16.8 Å². The fourth-order valence-electron chi connectivity index (χ4n) is 1.20. The summed E-state index contributed by atoms with van der Waals surface area (Å²) in [5.74, 6) is -0.545. The lowest BCUT2D eigenvalue weighted by Gasteiger charge is -2.04. The monoisotopic (exact) mass is 260 g/mol. The van der Waals surface area contributed by atoms with Gasteiger partial charge >= 0.3 is 5.97 Å². The fraction of sp³-hybridized carbons (Fsp3) is 0.364. The molecule has 0 radical (unpaired) electrons. The molecule has 0 fully saturated rings. The molecule has 0 aromatic heterocycles. The second-order valence-corrected chi connectivity index (χ2v) is 5.33. The highest BCUT2D eigenvalue weighted by molar-refractivity contribution is 7.85. The minimum Gasteiger partial charge on any atom is -0.478 e. The molecule has 0 heterocycles. The molecule has 5 heteroatoms. The Bertz CT molecular complexity index is 418. The molecule has 1 atom stereocenters. The van der Waals surface area contributed by atoms with Crippen molar-refractivity contribution in [3.05, 3.63) is 28.8 Å². The van der Waals surface area contributed by atoms with Gasteiger partial charge in [-0.2, -0.15) is 0 Å². The van der Waals surface area contributed by atoms with Crippen LogP contribution < -0.4 is 0 Å². The van der Waals surface area contributed by atoms with E-state index >= 15 is 0 Å². The lowest BCUT2D eigenvalue weighted by Crippen LogP contribution is -2.02. The molecule has 1 aromatic carbocycles. The predicted octanol–water partition coefficient (Wildman–Crippen LogP) is 2.95. The van der Waals surface area contributed by atoms with Crippen molar-refractivity contribution in [2.75, 3.05) is 5.75 Å². The third kappa shape index (κ3) is 3.32. The largest absolute Gasteiger partial charge is 0.478 e. The van der Waals surface area contributed by atoms with Gasteiger partial charge in [0.25, 0.3) is 0 Å². The van der Waals surface area contributed by atoms with Crippen LogP contribution >= 0.6 is 11.6 Å². The van der Waals surface area contributed by atoms with Crippen molar-refractivity contribution >= 4 is 28.4 Å². The number of carboxylic acids is 1. The van der Waals surface area contributed by atoms with Crippen LogP contribution in [0.3, 0.4) is 0 Å². The van der Waals surface area contributed by atoms with Crippen LogP contribution in [0.25, 0.3) is 0 Å². The third-order valence-corrected chi connectivity index (χ3v) is 3.88. The number of carboxylic acid groups (broad SMARTS) is 1. The molecule has 0 saturated carbocycles. The topological polar surface area (TPSA) is 54.4 Å². The van der Waals surface area contributed by atoms with Gasteiger partial charge in [-0.3, -0.25) is 4.21 Å². The van der Waals surface area contributed by atoms with Crippen molar-refractivity contribution in [3.63, 3.8) is 0 Å². The molecule has 0 aliphatic carbocycles. The number of rotatable bonds is 5. The van der Waals surface area contributed by atoms with E-state index in [9.17, 15) is 9.00 Å². The van der Waals surface area contributed by atoms with Crippen molar-refractivity contribution in [1.29, 1.82) is 0 Å². The van der Waals surface area contributed by atoms with E-state index in [2.05, 4.69) is 0 Å². The Balaban J connectivity index is 2.94. The summed E-state index contributed by atoms with van der Waals surface area (Å²) in [6.07, 6.45) is 1.82. The number of carbonyl (C=O) groups is 1. The molecule has 1 unspecified atom stereocenters. The number of benzene rings is 1. The maximum atomic E-state index is 11.8. The quantitative estimate of drug-likeness (QED) is 0.886. The molecule has 0 amide bonds. The summed E-state index contributed by atoms with van der Waals surface area (Å²) in [5, 5.41) is 9.03. The zero-order chi connectivity index (χ0) is 12.1. The zero-order valence-electron chi connectivity index (χ0n) is 8.90. The first-order chi connectivity index (χ1) is 7.56. The zero-order valence-corrected chi connectivity index (χ0v) is 10.5. The van der Waals surface area contributed by atoms with E-state index in [1.807, 2.05) is 6.92 Å². The molecule has 0 spiro atoms. The van der Waals surface area contributed by atoms with E-state index in [4.69, 9.17) is 16.7 Å². The Labute approximate surface area is 102 Å². The first kappa shape index (κ1) is 13.2. The number of aromatic carboxylic acids is 1. The molecule has 0 aliphatic rings. The van der Waals surface area contributed by atoms with Gasteiger partial charge in [-0.15, -0.1) is 0 Å². The maximum absolute atomic E-state index is 11.8. The minimum atomic E-state index is -1.14. The van der Waals surface area contributed by atoms with Crippen molar-refractivity contribution in [3.8, 4) is 0 Å². The molecule has 0 aliphatic heterocycles. The lowest BCUT2D eigenvalue weighted by molar-refractivity contribution is 0.0697. The van der Waals surface area contributed by atoms with Gasteiger partial charge in [-0.25, -0.2) is 4.79 Å². The van der Waals surface area contributed by atoms with Crippen LogP contribution in [0.2, 0.25) is 5.02 Å². The number of hydrogen-bond donors (Lipinski definition) is 1. The highest BCUT2D eigenvalue weighted by Gasteiger charge is 2.12. The van der Waals surface area contributed by atoms with Crippen LogP contribution in [0.5, 0.6) is 0 Å². The second-order valence-electron chi connectivity index (χ2n) is 3.35. The van der Waals surface area contributed by atoms with E-state index in [0.29, 0.717) is 10.6 Å². The van der Waals surface area contributed by atoms with Gasteiger partial charge in [0.15, 0.2) is 0 Å². The molecule has 0 bridgehead atoms. The van der Waals surface area contributed by atoms with E-state index in [0.717, 1.165) is 12.8 Å². The summed E-state index contributed by atoms with van der Waals surface area (Å²) in [6, 6.07) is 4.47. The van der Waals surface area contributed by atoms with Crippen LogP contribution in [0.1, 0.15) is 30.1 Å². The van der Waals surface area contributed by atoms with E-state index in [-0.39, 0.29) is 10.6 Å². The number of halogens is 1. The Morgan fingerprint density at radius 1 is 1.50 bits per heavy atom.